The number of aromatic nitrogens is 3. The van der Waals surface area contributed by atoms with Gasteiger partial charge < -0.3 is 10.4 Å². The molecule has 6 nitrogen and oxygen atoms in total. The Kier molecular flexibility index (Phi) is 5.81. The monoisotopic (exact) mass is 466 g/mol. The number of nitrogens with zero attached hydrogens (tertiary/aromatic N) is 3. The number of nitrogens with one attached hydrogen (secondary N) is 1. The number of halogens is 1. The van der Waals surface area contributed by atoms with Crippen LogP contribution in [0.2, 0.25) is 5.02 Å². The fraction of sp³-hybridized carbons (Fsp3) is 0. The van der Waals surface area contributed by atoms with Gasteiger partial charge in [-0.05, 0) is 66.2 Å². The molecule has 3 aromatic carbocycles. The number of amides is 1. The molecule has 166 valence electrons. The van der Waals surface area contributed by atoms with Gasteiger partial charge in [0.15, 0.2) is 0 Å². The molecule has 5 rings (SSSR count). The van der Waals surface area contributed by atoms with Gasteiger partial charge in [0.25, 0.3) is 5.91 Å². The van der Waals surface area contributed by atoms with Gasteiger partial charge in [-0.2, -0.15) is 5.10 Å². The van der Waals surface area contributed by atoms with Crippen LogP contribution >= 0.6 is 11.6 Å². The summed E-state index contributed by atoms with van der Waals surface area (Å²) < 4.78 is 1.74. The molecular weight excluding hydrogens is 448 g/mol. The maximum Gasteiger partial charge on any atom is 0.255 e. The highest BCUT2D eigenvalue weighted by Gasteiger charge is 2.16. The SMILES string of the molecule is O=C(Nc1cccc(-n2cc(-c3ccncc3)c(-c3cc(O)cc(Cl)c3)n2)c1)c1ccccc1. The molecule has 0 aliphatic heterocycles. The highest BCUT2D eigenvalue weighted by Crippen LogP contribution is 2.35. The second-order valence-electron chi connectivity index (χ2n) is 7.64. The van der Waals surface area contributed by atoms with E-state index in [9.17, 15) is 9.90 Å². The first-order valence-corrected chi connectivity index (χ1v) is 10.9. The number of rotatable bonds is 5. The molecule has 0 bridgehead atoms. The van der Waals surface area contributed by atoms with Crippen LogP contribution in [0.25, 0.3) is 28.1 Å². The third-order valence-corrected chi connectivity index (χ3v) is 5.48. The Morgan fingerprint density at radius 2 is 1.68 bits per heavy atom. The summed E-state index contributed by atoms with van der Waals surface area (Å²) in [6.07, 6.45) is 5.33. The van der Waals surface area contributed by atoms with Gasteiger partial charge in [-0.15, -0.1) is 0 Å². The number of hydrogen-bond donors (Lipinski definition) is 2. The molecule has 34 heavy (non-hydrogen) atoms. The van der Waals surface area contributed by atoms with E-state index < -0.39 is 0 Å². The number of carbonyl (C=O) groups excluding carboxylic acids is 1. The maximum absolute atomic E-state index is 12.6. The van der Waals surface area contributed by atoms with Crippen LogP contribution in [-0.2, 0) is 0 Å². The molecule has 0 saturated heterocycles. The number of phenolic OH excluding ortho intramolecular Hbond substituents is 1. The molecule has 2 N–H and O–H groups in total. The van der Waals surface area contributed by atoms with Crippen molar-refractivity contribution in [2.24, 2.45) is 0 Å². The topological polar surface area (TPSA) is 80.0 Å². The lowest BCUT2D eigenvalue weighted by Crippen LogP contribution is -2.11. The zero-order valence-corrected chi connectivity index (χ0v) is 18.6. The highest BCUT2D eigenvalue weighted by molar-refractivity contribution is 6.31. The van der Waals surface area contributed by atoms with Crippen LogP contribution in [0.4, 0.5) is 5.69 Å². The summed E-state index contributed by atoms with van der Waals surface area (Å²) in [5.41, 5.74) is 5.10. The largest absolute Gasteiger partial charge is 0.508 e. The van der Waals surface area contributed by atoms with Crippen molar-refractivity contribution in [3.05, 3.63) is 114 Å². The lowest BCUT2D eigenvalue weighted by atomic mass is 10.0. The fourth-order valence-electron chi connectivity index (χ4n) is 3.69. The molecule has 2 aromatic heterocycles. The van der Waals surface area contributed by atoms with E-state index in [2.05, 4.69) is 10.3 Å². The number of pyridine rings is 1. The van der Waals surface area contributed by atoms with Crippen molar-refractivity contribution in [2.75, 3.05) is 5.32 Å². The van der Waals surface area contributed by atoms with E-state index in [1.807, 2.05) is 60.8 Å². The smallest absolute Gasteiger partial charge is 0.255 e. The number of anilines is 1. The normalized spacial score (nSPS) is 10.7. The minimum absolute atomic E-state index is 0.0587. The van der Waals surface area contributed by atoms with E-state index in [4.69, 9.17) is 16.7 Å². The molecule has 0 aliphatic rings. The van der Waals surface area contributed by atoms with Gasteiger partial charge in [-0.1, -0.05) is 35.9 Å². The summed E-state index contributed by atoms with van der Waals surface area (Å²) in [5.74, 6) is -0.130. The Morgan fingerprint density at radius 1 is 0.882 bits per heavy atom. The van der Waals surface area contributed by atoms with E-state index in [1.54, 1.807) is 41.3 Å². The van der Waals surface area contributed by atoms with Crippen molar-refractivity contribution in [3.8, 4) is 33.8 Å². The summed E-state index contributed by atoms with van der Waals surface area (Å²) in [5, 5.41) is 18.2. The summed E-state index contributed by atoms with van der Waals surface area (Å²) in [6.45, 7) is 0. The minimum atomic E-state index is -0.189. The average molecular weight is 467 g/mol. The minimum Gasteiger partial charge on any atom is -0.508 e. The van der Waals surface area contributed by atoms with E-state index in [1.165, 1.54) is 6.07 Å². The zero-order chi connectivity index (χ0) is 23.5. The van der Waals surface area contributed by atoms with Crippen LogP contribution in [0.15, 0.2) is 104 Å². The molecule has 1 amide bonds. The Morgan fingerprint density at radius 3 is 2.44 bits per heavy atom. The van der Waals surface area contributed by atoms with Gasteiger partial charge in [-0.3, -0.25) is 9.78 Å². The summed E-state index contributed by atoms with van der Waals surface area (Å²) in [6, 6.07) is 25.1. The summed E-state index contributed by atoms with van der Waals surface area (Å²) >= 11 is 6.20. The molecule has 0 spiro atoms. The van der Waals surface area contributed by atoms with Crippen molar-refractivity contribution < 1.29 is 9.90 Å². The van der Waals surface area contributed by atoms with E-state index in [0.717, 1.165) is 16.8 Å². The Bertz CT molecular complexity index is 1450. The average Bonchev–Trinajstić information content (AvgIpc) is 3.31. The molecule has 0 atom stereocenters. The van der Waals surface area contributed by atoms with Crippen molar-refractivity contribution in [3.63, 3.8) is 0 Å². The molecule has 2 heterocycles. The summed E-state index contributed by atoms with van der Waals surface area (Å²) in [4.78, 5) is 16.7. The quantitative estimate of drug-likeness (QED) is 0.322. The van der Waals surface area contributed by atoms with Crippen molar-refractivity contribution in [2.45, 2.75) is 0 Å². The van der Waals surface area contributed by atoms with Crippen LogP contribution in [0.3, 0.4) is 0 Å². The first kappa shape index (κ1) is 21.4. The van der Waals surface area contributed by atoms with Gasteiger partial charge in [0, 0.05) is 46.0 Å². The van der Waals surface area contributed by atoms with Crippen LogP contribution in [0.1, 0.15) is 10.4 Å². The van der Waals surface area contributed by atoms with Crippen LogP contribution in [0.5, 0.6) is 5.75 Å². The lowest BCUT2D eigenvalue weighted by molar-refractivity contribution is 0.102. The third kappa shape index (κ3) is 4.53. The first-order chi connectivity index (χ1) is 16.6. The molecular formula is C27H19ClN4O2. The van der Waals surface area contributed by atoms with Gasteiger partial charge >= 0.3 is 0 Å². The molecule has 5 aromatic rings. The second kappa shape index (κ2) is 9.21. The zero-order valence-electron chi connectivity index (χ0n) is 17.9. The fourth-order valence-corrected chi connectivity index (χ4v) is 3.92. The van der Waals surface area contributed by atoms with Crippen molar-refractivity contribution in [1.29, 1.82) is 0 Å². The number of hydrogen-bond acceptors (Lipinski definition) is 4. The molecule has 0 aliphatic carbocycles. The third-order valence-electron chi connectivity index (χ3n) is 5.27. The van der Waals surface area contributed by atoms with Crippen LogP contribution in [-0.4, -0.2) is 25.8 Å². The van der Waals surface area contributed by atoms with Crippen LogP contribution in [0, 0.1) is 0 Å². The van der Waals surface area contributed by atoms with E-state index in [-0.39, 0.29) is 11.7 Å². The maximum atomic E-state index is 12.6. The number of carbonyl (C=O) groups is 1. The molecule has 0 saturated carbocycles. The molecule has 0 fully saturated rings. The number of phenols is 1. The molecule has 0 radical (unpaired) electrons. The van der Waals surface area contributed by atoms with Gasteiger partial charge in [-0.25, -0.2) is 4.68 Å². The van der Waals surface area contributed by atoms with Crippen LogP contribution < -0.4 is 5.32 Å². The predicted molar refractivity (Wildman–Crippen MR) is 133 cm³/mol. The second-order valence-corrected chi connectivity index (χ2v) is 8.08. The van der Waals surface area contributed by atoms with E-state index in [0.29, 0.717) is 27.5 Å². The van der Waals surface area contributed by atoms with Gasteiger partial charge in [0.05, 0.1) is 5.69 Å². The Labute approximate surface area is 201 Å². The van der Waals surface area contributed by atoms with Gasteiger partial charge in [0.1, 0.15) is 11.4 Å². The molecule has 0 unspecified atom stereocenters. The molecule has 7 heteroatoms. The Hall–Kier alpha value is -4.42. The standard InChI is InChI=1S/C27H19ClN4O2/c28-21-13-20(14-24(33)15-21)26-25(18-9-11-29-12-10-18)17-32(31-26)23-8-4-7-22(16-23)30-27(34)19-5-2-1-3-6-19/h1-17,33H,(H,30,34). The highest BCUT2D eigenvalue weighted by atomic mass is 35.5. The van der Waals surface area contributed by atoms with Crippen molar-refractivity contribution in [1.82, 2.24) is 14.8 Å². The lowest BCUT2D eigenvalue weighted by Gasteiger charge is -2.08. The van der Waals surface area contributed by atoms with Gasteiger partial charge in [0.2, 0.25) is 0 Å². The number of benzene rings is 3. The van der Waals surface area contributed by atoms with E-state index >= 15 is 0 Å². The first-order valence-electron chi connectivity index (χ1n) is 10.5. The summed E-state index contributed by atoms with van der Waals surface area (Å²) in [7, 11) is 0. The Balaban J connectivity index is 1.55. The van der Waals surface area contributed by atoms with Crippen molar-refractivity contribution >= 4 is 23.2 Å². The predicted octanol–water partition coefficient (Wildman–Crippen LogP) is 6.21. The number of aromatic hydroxyl groups is 1.